The van der Waals surface area contributed by atoms with Crippen molar-refractivity contribution >= 4 is 11.8 Å². The Balaban J connectivity index is 1.52. The molecule has 1 aliphatic heterocycles. The van der Waals surface area contributed by atoms with Gasteiger partial charge in [-0.3, -0.25) is 14.9 Å². The number of carbonyl (C=O) groups is 1. The lowest BCUT2D eigenvalue weighted by atomic mass is 10.1. The van der Waals surface area contributed by atoms with Crippen molar-refractivity contribution in [1.82, 2.24) is 20.0 Å². The van der Waals surface area contributed by atoms with E-state index in [4.69, 9.17) is 0 Å². The number of amides is 2. The molecule has 6 heteroatoms. The van der Waals surface area contributed by atoms with E-state index in [1.165, 1.54) is 5.56 Å². The second-order valence-corrected chi connectivity index (χ2v) is 6.66. The standard InChI is InChI=1S/C18H25N5O/c1-13-10-23(11-15-7-5-4-6-8-15)12-16(13)19-18(24)20-17-9-14(2)22(3)21-17/h4-9,13,16H,10-12H2,1-3H3,(H2,19,20,21,24)/t13-,16-/m0/s1. The molecule has 0 bridgehead atoms. The molecule has 0 saturated carbocycles. The molecule has 0 radical (unpaired) electrons. The number of hydrogen-bond donors (Lipinski definition) is 2. The molecule has 2 aromatic rings. The molecule has 0 aliphatic carbocycles. The van der Waals surface area contributed by atoms with Gasteiger partial charge in [-0.15, -0.1) is 0 Å². The van der Waals surface area contributed by atoms with E-state index in [0.29, 0.717) is 11.7 Å². The summed E-state index contributed by atoms with van der Waals surface area (Å²) in [6.45, 7) is 6.91. The van der Waals surface area contributed by atoms with Crippen LogP contribution in [0.2, 0.25) is 0 Å². The third-order valence-corrected chi connectivity index (χ3v) is 4.61. The largest absolute Gasteiger partial charge is 0.333 e. The molecule has 1 saturated heterocycles. The number of anilines is 1. The van der Waals surface area contributed by atoms with Crippen molar-refractivity contribution < 1.29 is 4.79 Å². The second kappa shape index (κ2) is 7.05. The summed E-state index contributed by atoms with van der Waals surface area (Å²) in [6, 6.07) is 12.3. The molecule has 2 atom stereocenters. The van der Waals surface area contributed by atoms with Crippen LogP contribution < -0.4 is 10.6 Å². The highest BCUT2D eigenvalue weighted by molar-refractivity contribution is 5.88. The third-order valence-electron chi connectivity index (χ3n) is 4.61. The van der Waals surface area contributed by atoms with Gasteiger partial charge in [0.2, 0.25) is 0 Å². The highest BCUT2D eigenvalue weighted by atomic mass is 16.2. The molecule has 1 aromatic carbocycles. The number of nitrogens with zero attached hydrogens (tertiary/aromatic N) is 3. The number of likely N-dealkylation sites (tertiary alicyclic amines) is 1. The minimum absolute atomic E-state index is 0.151. The van der Waals surface area contributed by atoms with Gasteiger partial charge < -0.3 is 5.32 Å². The highest BCUT2D eigenvalue weighted by Gasteiger charge is 2.30. The average molecular weight is 327 g/mol. The van der Waals surface area contributed by atoms with Crippen LogP contribution in [0.3, 0.4) is 0 Å². The Morgan fingerprint density at radius 3 is 2.71 bits per heavy atom. The molecule has 1 aliphatic rings. The predicted molar refractivity (Wildman–Crippen MR) is 94.8 cm³/mol. The highest BCUT2D eigenvalue weighted by Crippen LogP contribution is 2.19. The fourth-order valence-corrected chi connectivity index (χ4v) is 3.17. The topological polar surface area (TPSA) is 62.2 Å². The van der Waals surface area contributed by atoms with Gasteiger partial charge in [0, 0.05) is 44.5 Å². The molecule has 6 nitrogen and oxygen atoms in total. The van der Waals surface area contributed by atoms with Gasteiger partial charge in [-0.2, -0.15) is 5.10 Å². The molecule has 2 N–H and O–H groups in total. The first-order valence-electron chi connectivity index (χ1n) is 8.35. The third kappa shape index (κ3) is 3.94. The monoisotopic (exact) mass is 327 g/mol. The van der Waals surface area contributed by atoms with Gasteiger partial charge in [0.15, 0.2) is 5.82 Å². The van der Waals surface area contributed by atoms with Crippen molar-refractivity contribution in [2.45, 2.75) is 26.4 Å². The first kappa shape index (κ1) is 16.5. The number of carbonyl (C=O) groups excluding carboxylic acids is 1. The van der Waals surface area contributed by atoms with Crippen LogP contribution in [0, 0.1) is 12.8 Å². The molecular formula is C18H25N5O. The van der Waals surface area contributed by atoms with Crippen LogP contribution in [-0.2, 0) is 13.6 Å². The zero-order chi connectivity index (χ0) is 17.1. The summed E-state index contributed by atoms with van der Waals surface area (Å²) in [6.07, 6.45) is 0. The van der Waals surface area contributed by atoms with Crippen LogP contribution >= 0.6 is 0 Å². The molecular weight excluding hydrogens is 302 g/mol. The van der Waals surface area contributed by atoms with E-state index >= 15 is 0 Å². The molecule has 0 spiro atoms. The van der Waals surface area contributed by atoms with E-state index in [-0.39, 0.29) is 12.1 Å². The number of hydrogen-bond acceptors (Lipinski definition) is 3. The Morgan fingerprint density at radius 2 is 2.04 bits per heavy atom. The molecule has 128 valence electrons. The molecule has 1 fully saturated rings. The van der Waals surface area contributed by atoms with Crippen LogP contribution in [-0.4, -0.2) is 39.8 Å². The fraction of sp³-hybridized carbons (Fsp3) is 0.444. The summed E-state index contributed by atoms with van der Waals surface area (Å²) >= 11 is 0. The van der Waals surface area contributed by atoms with Crippen molar-refractivity contribution in [2.75, 3.05) is 18.4 Å². The van der Waals surface area contributed by atoms with E-state index in [2.05, 4.69) is 51.8 Å². The molecule has 1 aromatic heterocycles. The molecule has 3 rings (SSSR count). The predicted octanol–water partition coefficient (Wildman–Crippen LogP) is 2.37. The van der Waals surface area contributed by atoms with Gasteiger partial charge in [0.25, 0.3) is 0 Å². The number of benzene rings is 1. The van der Waals surface area contributed by atoms with Gasteiger partial charge in [-0.05, 0) is 18.4 Å². The van der Waals surface area contributed by atoms with Crippen LogP contribution in [0.15, 0.2) is 36.4 Å². The summed E-state index contributed by atoms with van der Waals surface area (Å²) in [5.41, 5.74) is 2.31. The van der Waals surface area contributed by atoms with Crippen LogP contribution in [0.1, 0.15) is 18.2 Å². The Bertz CT molecular complexity index is 677. The van der Waals surface area contributed by atoms with E-state index in [1.54, 1.807) is 4.68 Å². The van der Waals surface area contributed by atoms with Gasteiger partial charge in [-0.1, -0.05) is 37.3 Å². The molecule has 24 heavy (non-hydrogen) atoms. The minimum atomic E-state index is -0.188. The van der Waals surface area contributed by atoms with Gasteiger partial charge in [0.1, 0.15) is 0 Å². The Morgan fingerprint density at radius 1 is 1.29 bits per heavy atom. The summed E-state index contributed by atoms with van der Waals surface area (Å²) in [5, 5.41) is 10.1. The molecule has 0 unspecified atom stereocenters. The van der Waals surface area contributed by atoms with E-state index < -0.39 is 0 Å². The Labute approximate surface area is 142 Å². The zero-order valence-corrected chi connectivity index (χ0v) is 14.5. The number of aryl methyl sites for hydroxylation is 2. The summed E-state index contributed by atoms with van der Waals surface area (Å²) in [4.78, 5) is 14.6. The lowest BCUT2D eigenvalue weighted by Crippen LogP contribution is -2.42. The number of aromatic nitrogens is 2. The Hall–Kier alpha value is -2.34. The maximum absolute atomic E-state index is 12.2. The number of rotatable bonds is 4. The van der Waals surface area contributed by atoms with Crippen LogP contribution in [0.4, 0.5) is 10.6 Å². The second-order valence-electron chi connectivity index (χ2n) is 6.66. The minimum Gasteiger partial charge on any atom is -0.333 e. The van der Waals surface area contributed by atoms with Crippen LogP contribution in [0.5, 0.6) is 0 Å². The zero-order valence-electron chi connectivity index (χ0n) is 14.5. The normalized spacial score (nSPS) is 21.0. The van der Waals surface area contributed by atoms with Crippen molar-refractivity contribution in [2.24, 2.45) is 13.0 Å². The smallest absolute Gasteiger partial charge is 0.320 e. The molecule has 2 amide bonds. The van der Waals surface area contributed by atoms with Crippen molar-refractivity contribution in [3.05, 3.63) is 47.7 Å². The summed E-state index contributed by atoms with van der Waals surface area (Å²) in [7, 11) is 1.86. The maximum atomic E-state index is 12.2. The maximum Gasteiger partial charge on any atom is 0.320 e. The van der Waals surface area contributed by atoms with Crippen molar-refractivity contribution in [3.8, 4) is 0 Å². The van der Waals surface area contributed by atoms with E-state index in [1.807, 2.05) is 26.1 Å². The van der Waals surface area contributed by atoms with Crippen molar-refractivity contribution in [3.63, 3.8) is 0 Å². The number of urea groups is 1. The quantitative estimate of drug-likeness (QED) is 0.906. The first-order valence-corrected chi connectivity index (χ1v) is 8.35. The van der Waals surface area contributed by atoms with Gasteiger partial charge in [0.05, 0.1) is 0 Å². The summed E-state index contributed by atoms with van der Waals surface area (Å²) in [5.74, 6) is 1.00. The molecule has 2 heterocycles. The Kier molecular flexibility index (Phi) is 4.85. The summed E-state index contributed by atoms with van der Waals surface area (Å²) < 4.78 is 1.75. The van der Waals surface area contributed by atoms with Crippen LogP contribution in [0.25, 0.3) is 0 Å². The number of nitrogens with one attached hydrogen (secondary N) is 2. The van der Waals surface area contributed by atoms with Crippen molar-refractivity contribution in [1.29, 1.82) is 0 Å². The van der Waals surface area contributed by atoms with E-state index in [0.717, 1.165) is 25.3 Å². The van der Waals surface area contributed by atoms with E-state index in [9.17, 15) is 4.79 Å². The average Bonchev–Trinajstić information content (AvgIpc) is 3.02. The first-order chi connectivity index (χ1) is 11.5. The fourth-order valence-electron chi connectivity index (χ4n) is 3.17. The SMILES string of the molecule is Cc1cc(NC(=O)N[C@H]2CN(Cc3ccccc3)C[C@@H]2C)nn1C. The van der Waals surface area contributed by atoms with Gasteiger partial charge >= 0.3 is 6.03 Å². The lowest BCUT2D eigenvalue weighted by Gasteiger charge is -2.17. The lowest BCUT2D eigenvalue weighted by molar-refractivity contribution is 0.246. The van der Waals surface area contributed by atoms with Gasteiger partial charge in [-0.25, -0.2) is 4.79 Å².